The summed E-state index contributed by atoms with van der Waals surface area (Å²) >= 11 is 0. The van der Waals surface area contributed by atoms with E-state index in [1.807, 2.05) is 20.8 Å². The van der Waals surface area contributed by atoms with E-state index in [1.54, 1.807) is 7.11 Å². The summed E-state index contributed by atoms with van der Waals surface area (Å²) in [6.07, 6.45) is 1.13. The van der Waals surface area contributed by atoms with Crippen molar-refractivity contribution in [3.05, 3.63) is 0 Å². The Bertz CT molecular complexity index is 269. The van der Waals surface area contributed by atoms with Gasteiger partial charge in [-0.2, -0.15) is 0 Å². The van der Waals surface area contributed by atoms with Gasteiger partial charge in [0.2, 0.25) is 0 Å². The van der Waals surface area contributed by atoms with Crippen molar-refractivity contribution in [2.45, 2.75) is 45.7 Å². The van der Waals surface area contributed by atoms with Crippen LogP contribution < -0.4 is 10.6 Å². The number of carboxylic acids is 1. The molecule has 0 fully saturated rings. The number of amides is 2. The van der Waals surface area contributed by atoms with Crippen molar-refractivity contribution in [3.8, 4) is 0 Å². The first-order valence-corrected chi connectivity index (χ1v) is 6.19. The van der Waals surface area contributed by atoms with Gasteiger partial charge >= 0.3 is 12.0 Å². The van der Waals surface area contributed by atoms with E-state index >= 15 is 0 Å². The normalized spacial score (nSPS) is 14.1. The maximum atomic E-state index is 11.6. The monoisotopic (exact) mass is 260 g/mol. The molecule has 0 aromatic rings. The summed E-state index contributed by atoms with van der Waals surface area (Å²) in [5, 5.41) is 14.2. The SMILES string of the molecule is CCC(COC)NC(=O)NC(CC(C)C)C(=O)O. The Balaban J connectivity index is 4.28. The molecule has 0 heterocycles. The van der Waals surface area contributed by atoms with Crippen LogP contribution >= 0.6 is 0 Å². The summed E-state index contributed by atoms with van der Waals surface area (Å²) in [5.74, 6) is -0.814. The van der Waals surface area contributed by atoms with Crippen molar-refractivity contribution in [2.24, 2.45) is 5.92 Å². The highest BCUT2D eigenvalue weighted by molar-refractivity contribution is 5.82. The molecule has 18 heavy (non-hydrogen) atoms. The van der Waals surface area contributed by atoms with E-state index in [9.17, 15) is 9.59 Å². The van der Waals surface area contributed by atoms with Gasteiger partial charge in [0.1, 0.15) is 6.04 Å². The Labute approximate surface area is 108 Å². The van der Waals surface area contributed by atoms with Crippen molar-refractivity contribution < 1.29 is 19.4 Å². The Kier molecular flexibility index (Phi) is 8.11. The predicted molar refractivity (Wildman–Crippen MR) is 68.5 cm³/mol. The van der Waals surface area contributed by atoms with Crippen LogP contribution in [0.3, 0.4) is 0 Å². The number of carbonyl (C=O) groups is 2. The molecule has 0 aliphatic carbocycles. The summed E-state index contributed by atoms with van der Waals surface area (Å²) in [5.41, 5.74) is 0. The Morgan fingerprint density at radius 2 is 1.89 bits per heavy atom. The molecule has 0 saturated heterocycles. The minimum Gasteiger partial charge on any atom is -0.480 e. The summed E-state index contributed by atoms with van der Waals surface area (Å²) in [6, 6.07) is -1.43. The van der Waals surface area contributed by atoms with Crippen LogP contribution in [0.2, 0.25) is 0 Å². The molecule has 2 unspecified atom stereocenters. The molecule has 0 rings (SSSR count). The number of carboxylic acid groups (broad SMARTS) is 1. The fourth-order valence-corrected chi connectivity index (χ4v) is 1.54. The molecule has 0 aromatic heterocycles. The lowest BCUT2D eigenvalue weighted by Crippen LogP contribution is -2.50. The number of ether oxygens (including phenoxy) is 1. The molecule has 3 N–H and O–H groups in total. The number of carbonyl (C=O) groups excluding carboxylic acids is 1. The van der Waals surface area contributed by atoms with Crippen molar-refractivity contribution in [1.82, 2.24) is 10.6 Å². The zero-order valence-corrected chi connectivity index (χ0v) is 11.5. The predicted octanol–water partition coefficient (Wildman–Crippen LogP) is 1.21. The van der Waals surface area contributed by atoms with Crippen LogP contribution in [-0.4, -0.2) is 42.9 Å². The van der Waals surface area contributed by atoms with Crippen molar-refractivity contribution in [1.29, 1.82) is 0 Å². The Hall–Kier alpha value is -1.30. The lowest BCUT2D eigenvalue weighted by atomic mass is 10.0. The molecule has 0 radical (unpaired) electrons. The average Bonchev–Trinajstić information content (AvgIpc) is 2.26. The number of hydrogen-bond acceptors (Lipinski definition) is 3. The minimum absolute atomic E-state index is 0.108. The topological polar surface area (TPSA) is 87.7 Å². The molecule has 0 aromatic carbocycles. The van der Waals surface area contributed by atoms with Crippen LogP contribution in [0.25, 0.3) is 0 Å². The number of nitrogens with one attached hydrogen (secondary N) is 2. The second-order valence-electron chi connectivity index (χ2n) is 4.70. The number of aliphatic carboxylic acids is 1. The van der Waals surface area contributed by atoms with E-state index in [0.717, 1.165) is 6.42 Å². The van der Waals surface area contributed by atoms with Crippen LogP contribution in [0.15, 0.2) is 0 Å². The molecule has 0 aliphatic rings. The average molecular weight is 260 g/mol. The van der Waals surface area contributed by atoms with Gasteiger partial charge < -0.3 is 20.5 Å². The first-order valence-electron chi connectivity index (χ1n) is 6.19. The van der Waals surface area contributed by atoms with E-state index in [-0.39, 0.29) is 12.0 Å². The highest BCUT2D eigenvalue weighted by atomic mass is 16.5. The smallest absolute Gasteiger partial charge is 0.326 e. The molecule has 2 atom stereocenters. The van der Waals surface area contributed by atoms with Gasteiger partial charge in [0, 0.05) is 7.11 Å². The van der Waals surface area contributed by atoms with Gasteiger partial charge in [0.15, 0.2) is 0 Å². The molecule has 0 bridgehead atoms. The zero-order valence-electron chi connectivity index (χ0n) is 11.5. The lowest BCUT2D eigenvalue weighted by Gasteiger charge is -2.20. The Morgan fingerprint density at radius 1 is 1.28 bits per heavy atom. The standard InChI is InChI=1S/C12H24N2O4/c1-5-9(7-18-4)13-12(17)14-10(11(15)16)6-8(2)3/h8-10H,5-7H2,1-4H3,(H,15,16)(H2,13,14,17). The molecule has 0 aliphatic heterocycles. The third-order valence-electron chi connectivity index (χ3n) is 2.51. The second-order valence-corrected chi connectivity index (χ2v) is 4.70. The lowest BCUT2D eigenvalue weighted by molar-refractivity contribution is -0.139. The van der Waals surface area contributed by atoms with Gasteiger partial charge in [0.25, 0.3) is 0 Å². The largest absolute Gasteiger partial charge is 0.480 e. The van der Waals surface area contributed by atoms with Gasteiger partial charge in [-0.05, 0) is 18.8 Å². The van der Waals surface area contributed by atoms with Gasteiger partial charge in [-0.25, -0.2) is 9.59 Å². The van der Waals surface area contributed by atoms with E-state index in [2.05, 4.69) is 10.6 Å². The third-order valence-corrected chi connectivity index (χ3v) is 2.51. The van der Waals surface area contributed by atoms with Crippen molar-refractivity contribution >= 4 is 12.0 Å². The molecule has 6 nitrogen and oxygen atoms in total. The fourth-order valence-electron chi connectivity index (χ4n) is 1.54. The highest BCUT2D eigenvalue weighted by Crippen LogP contribution is 2.05. The van der Waals surface area contributed by atoms with Gasteiger partial charge in [-0.1, -0.05) is 20.8 Å². The second kappa shape index (κ2) is 8.74. The van der Waals surface area contributed by atoms with Crippen molar-refractivity contribution in [3.63, 3.8) is 0 Å². The molecule has 6 heteroatoms. The number of methoxy groups -OCH3 is 1. The maximum Gasteiger partial charge on any atom is 0.326 e. The molecule has 106 valence electrons. The summed E-state index contributed by atoms with van der Waals surface area (Å²) in [4.78, 5) is 22.6. The molecular weight excluding hydrogens is 236 g/mol. The molecule has 2 amide bonds. The van der Waals surface area contributed by atoms with Crippen LogP contribution in [0.5, 0.6) is 0 Å². The van der Waals surface area contributed by atoms with E-state index < -0.39 is 18.0 Å². The summed E-state index contributed by atoms with van der Waals surface area (Å²) in [6.45, 7) is 6.16. The number of rotatable bonds is 8. The summed E-state index contributed by atoms with van der Waals surface area (Å²) < 4.78 is 4.95. The van der Waals surface area contributed by atoms with Crippen LogP contribution in [0.1, 0.15) is 33.6 Å². The minimum atomic E-state index is -1.02. The van der Waals surface area contributed by atoms with Gasteiger partial charge in [-0.15, -0.1) is 0 Å². The Morgan fingerprint density at radius 3 is 2.28 bits per heavy atom. The quantitative estimate of drug-likeness (QED) is 0.612. The fraction of sp³-hybridized carbons (Fsp3) is 0.833. The van der Waals surface area contributed by atoms with Crippen LogP contribution in [0.4, 0.5) is 4.79 Å². The van der Waals surface area contributed by atoms with Gasteiger partial charge in [-0.3, -0.25) is 0 Å². The highest BCUT2D eigenvalue weighted by Gasteiger charge is 2.21. The summed E-state index contributed by atoms with van der Waals surface area (Å²) in [7, 11) is 1.56. The first kappa shape index (κ1) is 16.7. The number of hydrogen-bond donors (Lipinski definition) is 3. The zero-order chi connectivity index (χ0) is 14.1. The van der Waals surface area contributed by atoms with E-state index in [4.69, 9.17) is 9.84 Å². The maximum absolute atomic E-state index is 11.6. The van der Waals surface area contributed by atoms with Crippen molar-refractivity contribution in [2.75, 3.05) is 13.7 Å². The van der Waals surface area contributed by atoms with E-state index in [0.29, 0.717) is 13.0 Å². The number of urea groups is 1. The van der Waals surface area contributed by atoms with Crippen LogP contribution in [0, 0.1) is 5.92 Å². The first-order chi connectivity index (χ1) is 8.40. The van der Waals surface area contributed by atoms with Gasteiger partial charge in [0.05, 0.1) is 12.6 Å². The molecule has 0 saturated carbocycles. The van der Waals surface area contributed by atoms with E-state index in [1.165, 1.54) is 0 Å². The van der Waals surface area contributed by atoms with Crippen LogP contribution in [-0.2, 0) is 9.53 Å². The third kappa shape index (κ3) is 7.11. The molecule has 0 spiro atoms. The molecular formula is C12H24N2O4.